The Morgan fingerprint density at radius 3 is 2.48 bits per heavy atom. The van der Waals surface area contributed by atoms with Crippen LogP contribution in [0.4, 0.5) is 11.5 Å². The summed E-state index contributed by atoms with van der Waals surface area (Å²) < 4.78 is 6.97. The Bertz CT molecular complexity index is 1240. The van der Waals surface area contributed by atoms with Gasteiger partial charge in [-0.05, 0) is 30.0 Å². The van der Waals surface area contributed by atoms with Crippen LogP contribution in [0, 0.1) is 0 Å². The molecule has 1 amide bonds. The number of anilines is 2. The first-order valence-corrected chi connectivity index (χ1v) is 10.9. The lowest BCUT2D eigenvalue weighted by atomic mass is 10.2. The number of nitrogens with two attached hydrogens (primary N) is 1. The van der Waals surface area contributed by atoms with Crippen LogP contribution in [0.1, 0.15) is 24.0 Å². The summed E-state index contributed by atoms with van der Waals surface area (Å²) in [5.74, 6) is -0.483. The van der Waals surface area contributed by atoms with Gasteiger partial charge in [0.15, 0.2) is 5.69 Å². The smallest absolute Gasteiger partial charge is 0.330 e. The number of carbonyl (C=O) groups is 1. The molecule has 2 heterocycles. The number of nitrogens with zero attached hydrogens (tertiary/aromatic N) is 2. The van der Waals surface area contributed by atoms with E-state index < -0.39 is 17.2 Å². The Morgan fingerprint density at radius 2 is 1.82 bits per heavy atom. The quantitative estimate of drug-likeness (QED) is 0.542. The van der Waals surface area contributed by atoms with E-state index in [9.17, 15) is 14.4 Å². The topological polar surface area (TPSA) is 110 Å². The zero-order valence-electron chi connectivity index (χ0n) is 18.1. The van der Waals surface area contributed by atoms with Crippen LogP contribution in [0.25, 0.3) is 6.08 Å². The average Bonchev–Trinajstić information content (AvgIpc) is 3.34. The summed E-state index contributed by atoms with van der Waals surface area (Å²) in [7, 11) is 0. The van der Waals surface area contributed by atoms with Gasteiger partial charge in [-0.15, -0.1) is 0 Å². The number of aromatic nitrogens is 2. The predicted octanol–water partition coefficient (Wildman–Crippen LogP) is 2.39. The van der Waals surface area contributed by atoms with E-state index in [1.54, 1.807) is 6.08 Å². The molecule has 1 atom stereocenters. The summed E-state index contributed by atoms with van der Waals surface area (Å²) in [6, 6.07) is 18.7. The third-order valence-corrected chi connectivity index (χ3v) is 5.56. The second-order valence-electron chi connectivity index (χ2n) is 7.89. The lowest BCUT2D eigenvalue weighted by molar-refractivity contribution is -0.114. The molecule has 1 fully saturated rings. The maximum absolute atomic E-state index is 13.3. The SMILES string of the molecule is Nc1c(N(CC2CCCO2)C(=O)/C=C/c2ccccc2)c(=O)[nH]c(=O)n1Cc1ccccc1. The number of benzene rings is 2. The number of ether oxygens (including phenoxy) is 1. The van der Waals surface area contributed by atoms with E-state index in [4.69, 9.17) is 10.5 Å². The van der Waals surface area contributed by atoms with Gasteiger partial charge < -0.3 is 10.5 Å². The van der Waals surface area contributed by atoms with Crippen LogP contribution >= 0.6 is 0 Å². The molecule has 4 rings (SSSR count). The summed E-state index contributed by atoms with van der Waals surface area (Å²) in [5, 5.41) is 0. The van der Waals surface area contributed by atoms with Crippen molar-refractivity contribution in [2.24, 2.45) is 0 Å². The molecule has 0 bridgehead atoms. The van der Waals surface area contributed by atoms with Crippen molar-refractivity contribution in [2.45, 2.75) is 25.5 Å². The molecule has 0 aliphatic carbocycles. The monoisotopic (exact) mass is 446 g/mol. The summed E-state index contributed by atoms with van der Waals surface area (Å²) >= 11 is 0. The molecule has 3 aromatic rings. The maximum atomic E-state index is 13.3. The van der Waals surface area contributed by atoms with Gasteiger partial charge in [-0.3, -0.25) is 24.0 Å². The molecule has 1 saturated heterocycles. The fraction of sp³-hybridized carbons (Fsp3) is 0.240. The fourth-order valence-electron chi connectivity index (χ4n) is 3.87. The van der Waals surface area contributed by atoms with Gasteiger partial charge in [0.05, 0.1) is 19.2 Å². The van der Waals surface area contributed by atoms with Gasteiger partial charge >= 0.3 is 5.69 Å². The van der Waals surface area contributed by atoms with Crippen LogP contribution in [-0.4, -0.2) is 34.7 Å². The second kappa shape index (κ2) is 10.1. The highest BCUT2D eigenvalue weighted by Crippen LogP contribution is 2.22. The highest BCUT2D eigenvalue weighted by Gasteiger charge is 2.27. The second-order valence-corrected chi connectivity index (χ2v) is 7.89. The van der Waals surface area contributed by atoms with Crippen molar-refractivity contribution in [3.63, 3.8) is 0 Å². The molecule has 170 valence electrons. The largest absolute Gasteiger partial charge is 0.383 e. The van der Waals surface area contributed by atoms with E-state index in [0.717, 1.165) is 24.0 Å². The number of aromatic amines is 1. The minimum atomic E-state index is -0.707. The number of hydrogen-bond acceptors (Lipinski definition) is 5. The Hall–Kier alpha value is -3.91. The summed E-state index contributed by atoms with van der Waals surface area (Å²) in [4.78, 5) is 42.3. The maximum Gasteiger partial charge on any atom is 0.330 e. The third-order valence-electron chi connectivity index (χ3n) is 5.56. The normalized spacial score (nSPS) is 15.7. The van der Waals surface area contributed by atoms with Crippen LogP contribution < -0.4 is 21.9 Å². The van der Waals surface area contributed by atoms with Crippen molar-refractivity contribution in [3.05, 3.63) is 98.7 Å². The average molecular weight is 447 g/mol. The van der Waals surface area contributed by atoms with Crippen molar-refractivity contribution >= 4 is 23.5 Å². The molecule has 2 aromatic carbocycles. The molecule has 0 radical (unpaired) electrons. The van der Waals surface area contributed by atoms with Crippen LogP contribution in [0.5, 0.6) is 0 Å². The van der Waals surface area contributed by atoms with E-state index in [-0.39, 0.29) is 30.7 Å². The number of H-pyrrole nitrogens is 1. The van der Waals surface area contributed by atoms with E-state index in [0.29, 0.717) is 6.61 Å². The molecule has 0 spiro atoms. The van der Waals surface area contributed by atoms with Crippen molar-refractivity contribution < 1.29 is 9.53 Å². The zero-order chi connectivity index (χ0) is 23.2. The molecular formula is C25H26N4O4. The zero-order valence-corrected chi connectivity index (χ0v) is 18.1. The molecular weight excluding hydrogens is 420 g/mol. The Labute approximate surface area is 190 Å². The molecule has 3 N–H and O–H groups in total. The Kier molecular flexibility index (Phi) is 6.85. The molecule has 33 heavy (non-hydrogen) atoms. The Balaban J connectivity index is 1.73. The number of rotatable bonds is 7. The lowest BCUT2D eigenvalue weighted by Crippen LogP contribution is -2.43. The summed E-state index contributed by atoms with van der Waals surface area (Å²) in [6.45, 7) is 0.928. The number of nitrogens with one attached hydrogen (secondary N) is 1. The number of amides is 1. The fourth-order valence-corrected chi connectivity index (χ4v) is 3.87. The van der Waals surface area contributed by atoms with E-state index >= 15 is 0 Å². The van der Waals surface area contributed by atoms with Crippen molar-refractivity contribution in [3.8, 4) is 0 Å². The highest BCUT2D eigenvalue weighted by atomic mass is 16.5. The number of nitrogen functional groups attached to an aromatic ring is 1. The molecule has 1 aliphatic heterocycles. The van der Waals surface area contributed by atoms with E-state index in [1.807, 2.05) is 60.7 Å². The van der Waals surface area contributed by atoms with Gasteiger partial charge in [-0.1, -0.05) is 60.7 Å². The minimum absolute atomic E-state index is 0.0521. The standard InChI is InChI=1S/C25H26N4O4/c26-23-22(24(31)27-25(32)29(23)16-19-10-5-2-6-11-19)28(17-20-12-7-15-33-20)21(30)14-13-18-8-3-1-4-9-18/h1-6,8-11,13-14,20H,7,12,15-17,26H2,(H,27,31,32)/b14-13+. The first-order valence-electron chi connectivity index (χ1n) is 10.9. The molecule has 0 saturated carbocycles. The van der Waals surface area contributed by atoms with Crippen LogP contribution in [-0.2, 0) is 16.1 Å². The molecule has 1 aromatic heterocycles. The van der Waals surface area contributed by atoms with Gasteiger partial charge in [0.1, 0.15) is 5.82 Å². The van der Waals surface area contributed by atoms with Gasteiger partial charge in [-0.2, -0.15) is 0 Å². The predicted molar refractivity (Wildman–Crippen MR) is 128 cm³/mol. The molecule has 1 unspecified atom stereocenters. The van der Waals surface area contributed by atoms with Gasteiger partial charge in [0.2, 0.25) is 0 Å². The third kappa shape index (κ3) is 5.30. The van der Waals surface area contributed by atoms with Gasteiger partial charge in [0.25, 0.3) is 11.5 Å². The molecule has 8 nitrogen and oxygen atoms in total. The summed E-state index contributed by atoms with van der Waals surface area (Å²) in [6.07, 6.45) is 4.51. The highest BCUT2D eigenvalue weighted by molar-refractivity contribution is 6.05. The number of carbonyl (C=O) groups excluding carboxylic acids is 1. The van der Waals surface area contributed by atoms with E-state index in [1.165, 1.54) is 15.5 Å². The van der Waals surface area contributed by atoms with Crippen molar-refractivity contribution in [1.29, 1.82) is 0 Å². The van der Waals surface area contributed by atoms with Gasteiger partial charge in [0, 0.05) is 12.7 Å². The first-order chi connectivity index (χ1) is 16.0. The Morgan fingerprint density at radius 1 is 1.12 bits per heavy atom. The minimum Gasteiger partial charge on any atom is -0.383 e. The summed E-state index contributed by atoms with van der Waals surface area (Å²) in [5.41, 5.74) is 6.63. The van der Waals surface area contributed by atoms with Crippen LogP contribution in [0.15, 0.2) is 76.3 Å². The number of hydrogen-bond donors (Lipinski definition) is 2. The molecule has 1 aliphatic rings. The van der Waals surface area contributed by atoms with E-state index in [2.05, 4.69) is 4.98 Å². The van der Waals surface area contributed by atoms with Crippen molar-refractivity contribution in [2.75, 3.05) is 23.8 Å². The van der Waals surface area contributed by atoms with Crippen LogP contribution in [0.3, 0.4) is 0 Å². The lowest BCUT2D eigenvalue weighted by Gasteiger charge is -2.25. The van der Waals surface area contributed by atoms with Gasteiger partial charge in [-0.25, -0.2) is 4.79 Å². The van der Waals surface area contributed by atoms with Crippen LogP contribution in [0.2, 0.25) is 0 Å². The molecule has 8 heteroatoms. The first kappa shape index (κ1) is 22.3. The van der Waals surface area contributed by atoms with Crippen molar-refractivity contribution in [1.82, 2.24) is 9.55 Å².